The lowest BCUT2D eigenvalue weighted by Gasteiger charge is -2.39. The average molecular weight is 255 g/mol. The summed E-state index contributed by atoms with van der Waals surface area (Å²) in [5.74, 6) is 0.809. The zero-order chi connectivity index (χ0) is 13.5. The van der Waals surface area contributed by atoms with E-state index in [4.69, 9.17) is 0 Å². The molecule has 4 heteroatoms. The first kappa shape index (κ1) is 15.4. The van der Waals surface area contributed by atoms with Crippen LogP contribution in [0.4, 0.5) is 0 Å². The molecule has 0 aliphatic carbocycles. The van der Waals surface area contributed by atoms with E-state index in [1.165, 1.54) is 19.3 Å². The van der Waals surface area contributed by atoms with E-state index in [0.717, 1.165) is 19.6 Å². The Bertz CT molecular complexity index is 255. The topological polar surface area (TPSA) is 44.4 Å². The second kappa shape index (κ2) is 7.74. The zero-order valence-electron chi connectivity index (χ0n) is 12.3. The van der Waals surface area contributed by atoms with Crippen molar-refractivity contribution >= 4 is 5.91 Å². The van der Waals surface area contributed by atoms with Gasteiger partial charge in [0, 0.05) is 19.6 Å². The Morgan fingerprint density at radius 3 is 2.67 bits per heavy atom. The molecule has 1 fully saturated rings. The Morgan fingerprint density at radius 1 is 1.33 bits per heavy atom. The van der Waals surface area contributed by atoms with Gasteiger partial charge in [-0.2, -0.15) is 0 Å². The summed E-state index contributed by atoms with van der Waals surface area (Å²) in [5, 5.41) is 6.28. The summed E-state index contributed by atoms with van der Waals surface area (Å²) in [4.78, 5) is 14.1. The minimum Gasteiger partial charge on any atom is -0.358 e. The van der Waals surface area contributed by atoms with Crippen molar-refractivity contribution in [2.75, 3.05) is 26.7 Å². The fourth-order valence-corrected chi connectivity index (χ4v) is 2.65. The highest BCUT2D eigenvalue weighted by Gasteiger charge is 2.29. The molecule has 1 heterocycles. The number of hydrogen-bond donors (Lipinski definition) is 2. The zero-order valence-corrected chi connectivity index (χ0v) is 12.3. The lowest BCUT2D eigenvalue weighted by atomic mass is 9.99. The van der Waals surface area contributed by atoms with E-state index in [9.17, 15) is 4.79 Å². The number of carbonyl (C=O) groups is 1. The van der Waals surface area contributed by atoms with Gasteiger partial charge in [0.15, 0.2) is 0 Å². The van der Waals surface area contributed by atoms with Crippen molar-refractivity contribution in [2.45, 2.75) is 52.1 Å². The molecule has 0 saturated carbocycles. The average Bonchev–Trinajstić information content (AvgIpc) is 2.37. The number of nitrogens with one attached hydrogen (secondary N) is 2. The normalized spacial score (nSPS) is 23.1. The van der Waals surface area contributed by atoms with E-state index in [0.29, 0.717) is 12.0 Å². The SMILES string of the molecule is CNC(=O)C(C)N1CCCCC1CNCC(C)C. The molecule has 2 unspecified atom stereocenters. The minimum absolute atomic E-state index is 0.0128. The number of amides is 1. The Hall–Kier alpha value is -0.610. The number of likely N-dealkylation sites (N-methyl/N-ethyl adjacent to an activating group) is 1. The van der Waals surface area contributed by atoms with E-state index < -0.39 is 0 Å². The molecule has 0 aromatic rings. The van der Waals surface area contributed by atoms with Crippen molar-refractivity contribution in [1.82, 2.24) is 15.5 Å². The van der Waals surface area contributed by atoms with Crippen LogP contribution in [0.1, 0.15) is 40.0 Å². The maximum atomic E-state index is 11.8. The van der Waals surface area contributed by atoms with Gasteiger partial charge in [-0.3, -0.25) is 9.69 Å². The third kappa shape index (κ3) is 4.58. The third-order valence-electron chi connectivity index (χ3n) is 3.73. The van der Waals surface area contributed by atoms with Crippen LogP contribution in [-0.4, -0.2) is 49.6 Å². The van der Waals surface area contributed by atoms with Crippen LogP contribution < -0.4 is 10.6 Å². The van der Waals surface area contributed by atoms with Crippen LogP contribution in [0, 0.1) is 5.92 Å². The highest BCUT2D eigenvalue weighted by atomic mass is 16.2. The number of carbonyl (C=O) groups excluding carboxylic acids is 1. The van der Waals surface area contributed by atoms with Gasteiger partial charge in [0.2, 0.25) is 5.91 Å². The summed E-state index contributed by atoms with van der Waals surface area (Å²) in [6, 6.07) is 0.492. The van der Waals surface area contributed by atoms with Crippen LogP contribution >= 0.6 is 0 Å². The quantitative estimate of drug-likeness (QED) is 0.750. The number of hydrogen-bond acceptors (Lipinski definition) is 3. The standard InChI is InChI=1S/C14H29N3O/c1-11(2)9-16-10-13-7-5-6-8-17(13)12(3)14(18)15-4/h11-13,16H,5-10H2,1-4H3,(H,15,18). The van der Waals surface area contributed by atoms with Gasteiger partial charge in [0.05, 0.1) is 6.04 Å². The van der Waals surface area contributed by atoms with Crippen molar-refractivity contribution in [1.29, 1.82) is 0 Å². The Balaban J connectivity index is 2.48. The molecule has 0 bridgehead atoms. The molecule has 0 aromatic carbocycles. The van der Waals surface area contributed by atoms with Crippen LogP contribution in [-0.2, 0) is 4.79 Å². The van der Waals surface area contributed by atoms with E-state index in [1.807, 2.05) is 6.92 Å². The van der Waals surface area contributed by atoms with Gasteiger partial charge in [-0.05, 0) is 38.8 Å². The molecule has 1 amide bonds. The van der Waals surface area contributed by atoms with Gasteiger partial charge in [-0.25, -0.2) is 0 Å². The largest absolute Gasteiger partial charge is 0.358 e. The van der Waals surface area contributed by atoms with Crippen LogP contribution in [0.15, 0.2) is 0 Å². The molecule has 106 valence electrons. The summed E-state index contributed by atoms with van der Waals surface area (Å²) in [6.07, 6.45) is 3.69. The monoisotopic (exact) mass is 255 g/mol. The summed E-state index contributed by atoms with van der Waals surface area (Å²) in [6.45, 7) is 9.55. The van der Waals surface area contributed by atoms with Gasteiger partial charge < -0.3 is 10.6 Å². The molecule has 2 N–H and O–H groups in total. The molecule has 0 spiro atoms. The fourth-order valence-electron chi connectivity index (χ4n) is 2.65. The second-order valence-corrected chi connectivity index (χ2v) is 5.73. The predicted molar refractivity (Wildman–Crippen MR) is 75.6 cm³/mol. The van der Waals surface area contributed by atoms with Gasteiger partial charge in [0.1, 0.15) is 0 Å². The molecule has 18 heavy (non-hydrogen) atoms. The maximum absolute atomic E-state index is 11.8. The van der Waals surface area contributed by atoms with E-state index in [2.05, 4.69) is 29.4 Å². The molecular weight excluding hydrogens is 226 g/mol. The molecule has 2 atom stereocenters. The minimum atomic E-state index is -0.0128. The number of rotatable bonds is 6. The molecule has 1 aliphatic rings. The van der Waals surface area contributed by atoms with Crippen molar-refractivity contribution in [3.8, 4) is 0 Å². The van der Waals surface area contributed by atoms with E-state index >= 15 is 0 Å². The lowest BCUT2D eigenvalue weighted by Crippen LogP contribution is -2.54. The highest BCUT2D eigenvalue weighted by molar-refractivity contribution is 5.81. The Morgan fingerprint density at radius 2 is 2.06 bits per heavy atom. The predicted octanol–water partition coefficient (Wildman–Crippen LogP) is 1.22. The van der Waals surface area contributed by atoms with Gasteiger partial charge in [-0.15, -0.1) is 0 Å². The molecule has 4 nitrogen and oxygen atoms in total. The van der Waals surface area contributed by atoms with Crippen molar-refractivity contribution in [2.24, 2.45) is 5.92 Å². The smallest absolute Gasteiger partial charge is 0.236 e. The van der Waals surface area contributed by atoms with E-state index in [1.54, 1.807) is 7.05 Å². The molecule has 1 saturated heterocycles. The summed E-state index contributed by atoms with van der Waals surface area (Å²) in [5.41, 5.74) is 0. The number of piperidine rings is 1. The molecule has 0 aromatic heterocycles. The number of nitrogens with zero attached hydrogens (tertiary/aromatic N) is 1. The Labute approximate surface area is 111 Å². The van der Waals surface area contributed by atoms with Crippen LogP contribution in [0.3, 0.4) is 0 Å². The summed E-state index contributed by atoms with van der Waals surface area (Å²) >= 11 is 0. The molecule has 0 radical (unpaired) electrons. The fraction of sp³-hybridized carbons (Fsp3) is 0.929. The highest BCUT2D eigenvalue weighted by Crippen LogP contribution is 2.19. The number of likely N-dealkylation sites (tertiary alicyclic amines) is 1. The first-order valence-corrected chi connectivity index (χ1v) is 7.24. The Kier molecular flexibility index (Phi) is 6.65. The van der Waals surface area contributed by atoms with Crippen LogP contribution in [0.5, 0.6) is 0 Å². The van der Waals surface area contributed by atoms with Crippen LogP contribution in [0.25, 0.3) is 0 Å². The van der Waals surface area contributed by atoms with E-state index in [-0.39, 0.29) is 11.9 Å². The maximum Gasteiger partial charge on any atom is 0.236 e. The van der Waals surface area contributed by atoms with Gasteiger partial charge >= 0.3 is 0 Å². The van der Waals surface area contributed by atoms with Gasteiger partial charge in [-0.1, -0.05) is 20.3 Å². The molecule has 1 aliphatic heterocycles. The first-order valence-electron chi connectivity index (χ1n) is 7.24. The first-order chi connectivity index (χ1) is 8.56. The summed E-state index contributed by atoms with van der Waals surface area (Å²) < 4.78 is 0. The van der Waals surface area contributed by atoms with Gasteiger partial charge in [0.25, 0.3) is 0 Å². The summed E-state index contributed by atoms with van der Waals surface area (Å²) in [7, 11) is 1.72. The van der Waals surface area contributed by atoms with Crippen LogP contribution in [0.2, 0.25) is 0 Å². The second-order valence-electron chi connectivity index (χ2n) is 5.73. The molecular formula is C14H29N3O. The lowest BCUT2D eigenvalue weighted by molar-refractivity contribution is -0.126. The van der Waals surface area contributed by atoms with Crippen molar-refractivity contribution < 1.29 is 4.79 Å². The van der Waals surface area contributed by atoms with Crippen molar-refractivity contribution in [3.05, 3.63) is 0 Å². The third-order valence-corrected chi connectivity index (χ3v) is 3.73. The van der Waals surface area contributed by atoms with Crippen molar-refractivity contribution in [3.63, 3.8) is 0 Å². The molecule has 1 rings (SSSR count).